The third-order valence-corrected chi connectivity index (χ3v) is 1.42. The zero-order valence-electron chi connectivity index (χ0n) is 7.54. The van der Waals surface area contributed by atoms with Gasteiger partial charge >= 0.3 is 0 Å². The van der Waals surface area contributed by atoms with Crippen molar-refractivity contribution in [3.63, 3.8) is 0 Å². The molecule has 0 atom stereocenters. The van der Waals surface area contributed by atoms with E-state index in [9.17, 15) is 9.59 Å². The Kier molecular flexibility index (Phi) is 4.50. The average Bonchev–Trinajstić information content (AvgIpc) is 2.16. The summed E-state index contributed by atoms with van der Waals surface area (Å²) in [5.74, 6) is 0. The second-order valence-electron chi connectivity index (χ2n) is 2.26. The number of isocyanates is 2. The van der Waals surface area contributed by atoms with Gasteiger partial charge in [0.2, 0.25) is 12.2 Å². The van der Waals surface area contributed by atoms with Gasteiger partial charge in [0.15, 0.2) is 0 Å². The van der Waals surface area contributed by atoms with E-state index in [0.717, 1.165) is 0 Å². The van der Waals surface area contributed by atoms with E-state index in [2.05, 4.69) is 36.3 Å². The van der Waals surface area contributed by atoms with Crippen LogP contribution in [0.3, 0.4) is 0 Å². The first-order valence-corrected chi connectivity index (χ1v) is 3.47. The standard InChI is InChI=1S/C10H8N2O2/c1-7(9(3)11-5-13)8(2)10(4)12-6-14/h1-4H2. The molecule has 0 aliphatic rings. The quantitative estimate of drug-likeness (QED) is 0.375. The van der Waals surface area contributed by atoms with Crippen LogP contribution in [0.15, 0.2) is 58.8 Å². The number of nitrogens with zero attached hydrogens (tertiary/aromatic N) is 2. The lowest BCUT2D eigenvalue weighted by molar-refractivity contribution is 0.564. The van der Waals surface area contributed by atoms with Crippen molar-refractivity contribution in [3.8, 4) is 0 Å². The molecule has 0 saturated heterocycles. The van der Waals surface area contributed by atoms with E-state index in [1.807, 2.05) is 0 Å². The summed E-state index contributed by atoms with van der Waals surface area (Å²) in [6, 6.07) is 0. The van der Waals surface area contributed by atoms with Gasteiger partial charge in [-0.15, -0.1) is 0 Å². The number of aliphatic imine (C=N–C) groups is 2. The van der Waals surface area contributed by atoms with Crippen LogP contribution in [-0.2, 0) is 9.59 Å². The Morgan fingerprint density at radius 3 is 1.29 bits per heavy atom. The molecule has 70 valence electrons. The van der Waals surface area contributed by atoms with Gasteiger partial charge < -0.3 is 0 Å². The summed E-state index contributed by atoms with van der Waals surface area (Å²) in [6.45, 7) is 14.0. The highest BCUT2D eigenvalue weighted by Gasteiger charge is 2.06. The first kappa shape index (κ1) is 11.7. The number of rotatable bonds is 5. The van der Waals surface area contributed by atoms with Crippen molar-refractivity contribution in [1.29, 1.82) is 0 Å². The Hall–Kier alpha value is -2.28. The molecular formula is C10H8N2O2. The van der Waals surface area contributed by atoms with Crippen LogP contribution in [0.5, 0.6) is 0 Å². The summed E-state index contributed by atoms with van der Waals surface area (Å²) in [5.41, 5.74) is 0.759. The van der Waals surface area contributed by atoms with Crippen LogP contribution < -0.4 is 0 Å². The van der Waals surface area contributed by atoms with Crippen molar-refractivity contribution in [2.24, 2.45) is 9.98 Å². The lowest BCUT2D eigenvalue weighted by atomic mass is 10.1. The Bertz CT molecular complexity index is 366. The minimum absolute atomic E-state index is 0.104. The molecular weight excluding hydrogens is 180 g/mol. The minimum Gasteiger partial charge on any atom is -0.211 e. The fraction of sp³-hybridized carbons (Fsp3) is 0. The number of allylic oxidation sites excluding steroid dienone is 2. The number of hydrogen-bond acceptors (Lipinski definition) is 4. The fourth-order valence-electron chi connectivity index (χ4n) is 0.593. The second-order valence-corrected chi connectivity index (χ2v) is 2.26. The second kappa shape index (κ2) is 5.38. The third kappa shape index (κ3) is 2.99. The van der Waals surface area contributed by atoms with E-state index in [1.54, 1.807) is 0 Å². The van der Waals surface area contributed by atoms with Crippen LogP contribution >= 0.6 is 0 Å². The highest BCUT2D eigenvalue weighted by atomic mass is 16.1. The van der Waals surface area contributed by atoms with E-state index in [1.165, 1.54) is 12.2 Å². The van der Waals surface area contributed by atoms with Gasteiger partial charge in [0, 0.05) is 11.1 Å². The normalized spacial score (nSPS) is 7.71. The molecule has 0 heterocycles. The lowest BCUT2D eigenvalue weighted by Crippen LogP contribution is -1.90. The molecule has 0 rings (SSSR count). The van der Waals surface area contributed by atoms with E-state index >= 15 is 0 Å². The number of carbonyl (C=O) groups excluding carboxylic acids is 2. The Morgan fingerprint density at radius 2 is 1.07 bits per heavy atom. The molecule has 14 heavy (non-hydrogen) atoms. The maximum Gasteiger partial charge on any atom is 0.240 e. The van der Waals surface area contributed by atoms with Crippen LogP contribution in [0, 0.1) is 0 Å². The molecule has 0 spiro atoms. The van der Waals surface area contributed by atoms with Crippen LogP contribution in [0.25, 0.3) is 0 Å². The predicted molar refractivity (Wildman–Crippen MR) is 52.8 cm³/mol. The SMILES string of the molecule is C=C(N=C=O)C(=C)C(=C)C(=C)N=C=O. The van der Waals surface area contributed by atoms with Crippen molar-refractivity contribution in [3.05, 3.63) is 48.9 Å². The molecule has 4 nitrogen and oxygen atoms in total. The van der Waals surface area contributed by atoms with E-state index in [0.29, 0.717) is 0 Å². The molecule has 0 aromatic carbocycles. The molecule has 0 unspecified atom stereocenters. The topological polar surface area (TPSA) is 58.9 Å². The van der Waals surface area contributed by atoms with Gasteiger partial charge in [-0.25, -0.2) is 9.59 Å². The first-order valence-electron chi connectivity index (χ1n) is 3.47. The molecule has 0 aromatic heterocycles. The summed E-state index contributed by atoms with van der Waals surface area (Å²) in [4.78, 5) is 26.3. The molecule has 0 N–H and O–H groups in total. The minimum atomic E-state index is 0.104. The molecule has 4 heteroatoms. The van der Waals surface area contributed by atoms with Crippen LogP contribution in [0.4, 0.5) is 0 Å². The van der Waals surface area contributed by atoms with Crippen LogP contribution in [0.1, 0.15) is 0 Å². The largest absolute Gasteiger partial charge is 0.240 e. The smallest absolute Gasteiger partial charge is 0.211 e. The van der Waals surface area contributed by atoms with E-state index < -0.39 is 0 Å². The molecule has 0 bridgehead atoms. The summed E-state index contributed by atoms with van der Waals surface area (Å²) >= 11 is 0. The van der Waals surface area contributed by atoms with E-state index in [4.69, 9.17) is 0 Å². The maximum atomic E-state index is 9.91. The molecule has 0 aliphatic heterocycles. The summed E-state index contributed by atoms with van der Waals surface area (Å²) < 4.78 is 0. The highest BCUT2D eigenvalue weighted by Crippen LogP contribution is 2.21. The molecule has 0 aliphatic carbocycles. The van der Waals surface area contributed by atoms with E-state index in [-0.39, 0.29) is 22.5 Å². The predicted octanol–water partition coefficient (Wildman–Crippen LogP) is 1.80. The average molecular weight is 188 g/mol. The molecule has 0 radical (unpaired) electrons. The van der Waals surface area contributed by atoms with Gasteiger partial charge in [-0.05, 0) is 0 Å². The molecule has 0 amide bonds. The van der Waals surface area contributed by atoms with Crippen molar-refractivity contribution in [1.82, 2.24) is 0 Å². The Morgan fingerprint density at radius 1 is 0.786 bits per heavy atom. The summed E-state index contributed by atoms with van der Waals surface area (Å²) in [7, 11) is 0. The summed E-state index contributed by atoms with van der Waals surface area (Å²) in [6.07, 6.45) is 2.62. The van der Waals surface area contributed by atoms with Gasteiger partial charge in [0.05, 0.1) is 11.4 Å². The molecule has 0 fully saturated rings. The van der Waals surface area contributed by atoms with Gasteiger partial charge in [0.1, 0.15) is 0 Å². The van der Waals surface area contributed by atoms with Gasteiger partial charge in [0.25, 0.3) is 0 Å². The van der Waals surface area contributed by atoms with Gasteiger partial charge in [-0.3, -0.25) is 0 Å². The van der Waals surface area contributed by atoms with Crippen LogP contribution in [0.2, 0.25) is 0 Å². The maximum absolute atomic E-state index is 9.91. The first-order chi connectivity index (χ1) is 6.54. The van der Waals surface area contributed by atoms with Crippen molar-refractivity contribution >= 4 is 12.2 Å². The Balaban J connectivity index is 4.80. The fourth-order valence-corrected chi connectivity index (χ4v) is 0.593. The lowest BCUT2D eigenvalue weighted by Gasteiger charge is -2.05. The highest BCUT2D eigenvalue weighted by molar-refractivity contribution is 5.55. The zero-order valence-corrected chi connectivity index (χ0v) is 7.54. The monoisotopic (exact) mass is 188 g/mol. The van der Waals surface area contributed by atoms with Crippen molar-refractivity contribution < 1.29 is 9.59 Å². The van der Waals surface area contributed by atoms with Crippen molar-refractivity contribution in [2.75, 3.05) is 0 Å². The third-order valence-electron chi connectivity index (χ3n) is 1.42. The van der Waals surface area contributed by atoms with Gasteiger partial charge in [-0.1, -0.05) is 26.3 Å². The zero-order chi connectivity index (χ0) is 11.1. The van der Waals surface area contributed by atoms with Crippen molar-refractivity contribution in [2.45, 2.75) is 0 Å². The van der Waals surface area contributed by atoms with Crippen LogP contribution in [-0.4, -0.2) is 12.2 Å². The Labute approximate surface area is 81.4 Å². The van der Waals surface area contributed by atoms with Gasteiger partial charge in [-0.2, -0.15) is 9.98 Å². The number of hydrogen-bond donors (Lipinski definition) is 0. The molecule has 0 saturated carbocycles. The summed E-state index contributed by atoms with van der Waals surface area (Å²) in [5, 5.41) is 0. The molecule has 0 aromatic rings.